The second-order valence-corrected chi connectivity index (χ2v) is 15.3. The van der Waals surface area contributed by atoms with Crippen molar-refractivity contribution in [1.82, 2.24) is 24.5 Å². The zero-order valence-electron chi connectivity index (χ0n) is 27.9. The summed E-state index contributed by atoms with van der Waals surface area (Å²) < 4.78 is 2.43. The number of rotatable bonds is 4. The summed E-state index contributed by atoms with van der Waals surface area (Å²) in [5, 5.41) is 5.01. The Morgan fingerprint density at radius 1 is 0.577 bits per heavy atom. The molecule has 4 heterocycles. The fourth-order valence-electron chi connectivity index (χ4n) is 7.67. The molecule has 0 saturated carbocycles. The quantitative estimate of drug-likeness (QED) is 0.198. The molecule has 0 fully saturated rings. The largest absolute Gasteiger partial charge is 0.354 e. The number of aromatic nitrogens is 5. The number of para-hydroxylation sites is 2. The van der Waals surface area contributed by atoms with Crippen LogP contribution >= 0.6 is 23.5 Å². The third-order valence-corrected chi connectivity index (χ3v) is 12.7. The summed E-state index contributed by atoms with van der Waals surface area (Å²) in [6.07, 6.45) is 8.31. The van der Waals surface area contributed by atoms with E-state index in [1.807, 2.05) is 41.7 Å². The number of allylic oxidation sites excluding steroid dienone is 4. The second kappa shape index (κ2) is 11.8. The highest BCUT2D eigenvalue weighted by molar-refractivity contribution is 8.05. The molecule has 9 aromatic rings. The van der Waals surface area contributed by atoms with Gasteiger partial charge in [-0.15, -0.1) is 0 Å². The molecule has 3 aromatic heterocycles. The Morgan fingerprint density at radius 2 is 1.29 bits per heavy atom. The van der Waals surface area contributed by atoms with E-state index in [2.05, 4.69) is 137 Å². The van der Waals surface area contributed by atoms with Gasteiger partial charge in [0.25, 0.3) is 0 Å². The van der Waals surface area contributed by atoms with Gasteiger partial charge in [0, 0.05) is 53.7 Å². The SMILES string of the molecule is C1=CCCC(c2nc(-c3ccccc3)nc(-c3cccc(-n4c5ccccc5c5ccc6c(c54)Sc4ccc5c([nH]c7ccccc75)c4S6)c3)n2)=C1. The molecule has 52 heavy (non-hydrogen) atoms. The van der Waals surface area contributed by atoms with Crippen LogP contribution in [0.15, 0.2) is 165 Å². The molecule has 0 bridgehead atoms. The van der Waals surface area contributed by atoms with E-state index in [0.717, 1.165) is 41.1 Å². The summed E-state index contributed by atoms with van der Waals surface area (Å²) in [7, 11) is 0. The van der Waals surface area contributed by atoms with Crippen molar-refractivity contribution in [3.8, 4) is 28.5 Å². The molecule has 246 valence electrons. The highest BCUT2D eigenvalue weighted by Gasteiger charge is 2.26. The van der Waals surface area contributed by atoms with Crippen LogP contribution in [-0.4, -0.2) is 24.5 Å². The van der Waals surface area contributed by atoms with Crippen LogP contribution in [-0.2, 0) is 0 Å². The summed E-state index contributed by atoms with van der Waals surface area (Å²) in [6.45, 7) is 0. The van der Waals surface area contributed by atoms with E-state index in [1.165, 1.54) is 63.2 Å². The molecule has 11 rings (SSSR count). The summed E-state index contributed by atoms with van der Waals surface area (Å²) in [6, 6.07) is 45.4. The van der Waals surface area contributed by atoms with Crippen LogP contribution in [0, 0.1) is 0 Å². The molecule has 0 amide bonds. The lowest BCUT2D eigenvalue weighted by Crippen LogP contribution is -2.04. The Labute approximate surface area is 308 Å². The van der Waals surface area contributed by atoms with E-state index in [-0.39, 0.29) is 0 Å². The van der Waals surface area contributed by atoms with E-state index in [9.17, 15) is 0 Å². The van der Waals surface area contributed by atoms with Gasteiger partial charge in [0.1, 0.15) is 0 Å². The number of nitrogens with one attached hydrogen (secondary N) is 1. The van der Waals surface area contributed by atoms with Gasteiger partial charge in [0.15, 0.2) is 17.5 Å². The van der Waals surface area contributed by atoms with Gasteiger partial charge in [-0.25, -0.2) is 15.0 Å². The lowest BCUT2D eigenvalue weighted by atomic mass is 10.0. The smallest absolute Gasteiger partial charge is 0.164 e. The molecule has 0 spiro atoms. The molecular weight excluding hydrogens is 675 g/mol. The van der Waals surface area contributed by atoms with Gasteiger partial charge in [-0.2, -0.15) is 0 Å². The van der Waals surface area contributed by atoms with Gasteiger partial charge in [-0.1, -0.05) is 133 Å². The Bertz CT molecular complexity index is 2970. The number of nitrogens with zero attached hydrogens (tertiary/aromatic N) is 4. The van der Waals surface area contributed by atoms with Gasteiger partial charge in [0.05, 0.1) is 26.3 Å². The molecule has 1 N–H and O–H groups in total. The maximum Gasteiger partial charge on any atom is 0.164 e. The first kappa shape index (κ1) is 29.8. The minimum atomic E-state index is 0.671. The first-order valence-electron chi connectivity index (χ1n) is 17.5. The molecular formula is C45H29N5S2. The van der Waals surface area contributed by atoms with Crippen LogP contribution in [0.5, 0.6) is 0 Å². The van der Waals surface area contributed by atoms with Crippen LogP contribution in [0.2, 0.25) is 0 Å². The average Bonchev–Trinajstić information content (AvgIpc) is 3.77. The summed E-state index contributed by atoms with van der Waals surface area (Å²) in [5.74, 6) is 2.09. The van der Waals surface area contributed by atoms with Crippen LogP contribution in [0.3, 0.4) is 0 Å². The van der Waals surface area contributed by atoms with Crippen molar-refractivity contribution in [2.24, 2.45) is 0 Å². The molecule has 0 radical (unpaired) electrons. The summed E-state index contributed by atoms with van der Waals surface area (Å²) >= 11 is 3.74. The topological polar surface area (TPSA) is 59.4 Å². The molecule has 7 heteroatoms. The molecule has 0 saturated heterocycles. The van der Waals surface area contributed by atoms with E-state index in [1.54, 1.807) is 0 Å². The van der Waals surface area contributed by atoms with E-state index in [4.69, 9.17) is 15.0 Å². The Kier molecular flexibility index (Phi) is 6.78. The summed E-state index contributed by atoms with van der Waals surface area (Å²) in [4.78, 5) is 24.0. The maximum atomic E-state index is 5.09. The first-order chi connectivity index (χ1) is 25.8. The second-order valence-electron chi connectivity index (χ2n) is 13.2. The van der Waals surface area contributed by atoms with Crippen molar-refractivity contribution in [3.05, 3.63) is 151 Å². The monoisotopic (exact) mass is 703 g/mol. The van der Waals surface area contributed by atoms with E-state index in [0.29, 0.717) is 11.6 Å². The number of hydrogen-bond donors (Lipinski definition) is 1. The number of benzene rings is 6. The van der Waals surface area contributed by atoms with Crippen molar-refractivity contribution in [1.29, 1.82) is 0 Å². The molecule has 1 aliphatic heterocycles. The van der Waals surface area contributed by atoms with Crippen LogP contribution < -0.4 is 0 Å². The number of hydrogen-bond acceptors (Lipinski definition) is 5. The van der Waals surface area contributed by atoms with Gasteiger partial charge in [-0.3, -0.25) is 0 Å². The molecule has 0 unspecified atom stereocenters. The number of fused-ring (bicyclic) bond motifs is 10. The first-order valence-corrected chi connectivity index (χ1v) is 19.1. The minimum absolute atomic E-state index is 0.671. The number of aromatic amines is 1. The third kappa shape index (κ3) is 4.70. The maximum absolute atomic E-state index is 5.09. The predicted molar refractivity (Wildman–Crippen MR) is 215 cm³/mol. The highest BCUT2D eigenvalue weighted by Crippen LogP contribution is 2.54. The summed E-state index contributed by atoms with van der Waals surface area (Å²) in [5.41, 5.74) is 8.91. The van der Waals surface area contributed by atoms with Crippen molar-refractivity contribution >= 4 is 72.7 Å². The van der Waals surface area contributed by atoms with E-state index >= 15 is 0 Å². The zero-order chi connectivity index (χ0) is 34.2. The van der Waals surface area contributed by atoms with Crippen molar-refractivity contribution in [2.45, 2.75) is 32.4 Å². The fraction of sp³-hybridized carbons (Fsp3) is 0.0444. The van der Waals surface area contributed by atoms with Gasteiger partial charge >= 0.3 is 0 Å². The predicted octanol–water partition coefficient (Wildman–Crippen LogP) is 12.3. The van der Waals surface area contributed by atoms with Crippen molar-refractivity contribution in [3.63, 3.8) is 0 Å². The molecule has 6 aromatic carbocycles. The van der Waals surface area contributed by atoms with Gasteiger partial charge < -0.3 is 9.55 Å². The van der Waals surface area contributed by atoms with Crippen LogP contribution in [0.4, 0.5) is 0 Å². The van der Waals surface area contributed by atoms with Crippen LogP contribution in [0.1, 0.15) is 18.7 Å². The Morgan fingerprint density at radius 3 is 2.15 bits per heavy atom. The minimum Gasteiger partial charge on any atom is -0.354 e. The van der Waals surface area contributed by atoms with E-state index < -0.39 is 0 Å². The molecule has 0 atom stereocenters. The van der Waals surface area contributed by atoms with Crippen molar-refractivity contribution < 1.29 is 0 Å². The zero-order valence-corrected chi connectivity index (χ0v) is 29.5. The molecule has 5 nitrogen and oxygen atoms in total. The van der Waals surface area contributed by atoms with Gasteiger partial charge in [0.2, 0.25) is 0 Å². The lowest BCUT2D eigenvalue weighted by molar-refractivity contribution is 0.977. The Hall–Kier alpha value is -5.89. The fourth-order valence-corrected chi connectivity index (χ4v) is 10.2. The Balaban J connectivity index is 1.09. The molecule has 1 aliphatic carbocycles. The van der Waals surface area contributed by atoms with Gasteiger partial charge in [-0.05, 0) is 54.8 Å². The highest BCUT2D eigenvalue weighted by atomic mass is 32.2. The average molecular weight is 704 g/mol. The standard InChI is InChI=1S/C45H29N5S2/c1-3-12-27(13-4-1)43-47-44(28-14-5-2-6-15-28)49-45(48-43)29-16-11-17-30(26-29)50-36-21-10-8-19-32(36)34-23-25-38-42(40(34)50)52-37-24-22-33-31-18-7-9-20-35(31)46-39(33)41(37)51-38/h1-5,7-14,16-26,46H,6,15H2. The number of H-pyrrole nitrogens is 1. The van der Waals surface area contributed by atoms with Crippen LogP contribution in [0.25, 0.3) is 77.6 Å². The normalized spacial score (nSPS) is 13.9. The van der Waals surface area contributed by atoms with Crippen molar-refractivity contribution in [2.75, 3.05) is 0 Å². The molecule has 2 aliphatic rings. The lowest BCUT2D eigenvalue weighted by Gasteiger charge is -2.21. The third-order valence-electron chi connectivity index (χ3n) is 10.1.